The van der Waals surface area contributed by atoms with Crippen LogP contribution in [-0.4, -0.2) is 73.4 Å². The minimum atomic E-state index is -0.359. The van der Waals surface area contributed by atoms with Crippen LogP contribution in [0.4, 0.5) is 4.39 Å². The van der Waals surface area contributed by atoms with E-state index < -0.39 is 0 Å². The van der Waals surface area contributed by atoms with Gasteiger partial charge in [-0.3, -0.25) is 14.5 Å². The second-order valence-corrected chi connectivity index (χ2v) is 7.14. The highest BCUT2D eigenvalue weighted by Gasteiger charge is 2.24. The standard InChI is InChI=1S/C22H26FN3O3/c1-24(15-18-5-3-4-6-20(18)29-2)21(27)16-25-11-13-26(14-12-25)22(28)17-7-9-19(23)10-8-17/h3-10H,11-16H2,1-2H3. The van der Waals surface area contributed by atoms with Gasteiger partial charge < -0.3 is 14.5 Å². The number of hydrogen-bond donors (Lipinski definition) is 0. The maximum atomic E-state index is 13.0. The van der Waals surface area contributed by atoms with Gasteiger partial charge in [-0.2, -0.15) is 0 Å². The molecule has 0 aromatic heterocycles. The summed E-state index contributed by atoms with van der Waals surface area (Å²) in [5, 5.41) is 0. The van der Waals surface area contributed by atoms with Gasteiger partial charge in [-0.1, -0.05) is 18.2 Å². The lowest BCUT2D eigenvalue weighted by Gasteiger charge is -2.35. The second-order valence-electron chi connectivity index (χ2n) is 7.14. The Hall–Kier alpha value is -2.93. The van der Waals surface area contributed by atoms with E-state index in [1.54, 1.807) is 24.0 Å². The van der Waals surface area contributed by atoms with Gasteiger partial charge in [0.2, 0.25) is 5.91 Å². The molecule has 0 spiro atoms. The highest BCUT2D eigenvalue weighted by molar-refractivity contribution is 5.94. The fraction of sp³-hybridized carbons (Fsp3) is 0.364. The summed E-state index contributed by atoms with van der Waals surface area (Å²) in [4.78, 5) is 30.6. The van der Waals surface area contributed by atoms with Gasteiger partial charge in [0, 0.05) is 50.9 Å². The van der Waals surface area contributed by atoms with Crippen LogP contribution in [0.25, 0.3) is 0 Å². The Morgan fingerprint density at radius 1 is 1.03 bits per heavy atom. The number of methoxy groups -OCH3 is 1. The number of piperazine rings is 1. The first kappa shape index (κ1) is 20.8. The molecule has 0 N–H and O–H groups in total. The zero-order chi connectivity index (χ0) is 20.8. The van der Waals surface area contributed by atoms with E-state index in [2.05, 4.69) is 4.90 Å². The molecule has 2 aromatic carbocycles. The van der Waals surface area contributed by atoms with Crippen LogP contribution < -0.4 is 4.74 Å². The molecule has 2 amide bonds. The van der Waals surface area contributed by atoms with Crippen molar-refractivity contribution in [3.05, 3.63) is 65.5 Å². The van der Waals surface area contributed by atoms with Gasteiger partial charge in [0.25, 0.3) is 5.91 Å². The fourth-order valence-electron chi connectivity index (χ4n) is 3.37. The summed E-state index contributed by atoms with van der Waals surface area (Å²) in [5.41, 5.74) is 1.44. The summed E-state index contributed by atoms with van der Waals surface area (Å²) in [6, 6.07) is 13.2. The Bertz CT molecular complexity index is 849. The van der Waals surface area contributed by atoms with E-state index in [-0.39, 0.29) is 17.6 Å². The van der Waals surface area contributed by atoms with Crippen molar-refractivity contribution in [3.8, 4) is 5.75 Å². The molecule has 0 unspecified atom stereocenters. The number of nitrogens with zero attached hydrogens (tertiary/aromatic N) is 3. The van der Waals surface area contributed by atoms with Crippen LogP contribution in [0.1, 0.15) is 15.9 Å². The zero-order valence-electron chi connectivity index (χ0n) is 16.8. The lowest BCUT2D eigenvalue weighted by atomic mass is 10.1. The minimum Gasteiger partial charge on any atom is -0.496 e. The Morgan fingerprint density at radius 2 is 1.69 bits per heavy atom. The van der Waals surface area contributed by atoms with Gasteiger partial charge in [-0.05, 0) is 30.3 Å². The van der Waals surface area contributed by atoms with Crippen molar-refractivity contribution >= 4 is 11.8 Å². The normalized spacial score (nSPS) is 14.5. The van der Waals surface area contributed by atoms with Gasteiger partial charge in [0.05, 0.1) is 13.7 Å². The highest BCUT2D eigenvalue weighted by Crippen LogP contribution is 2.19. The van der Waals surface area contributed by atoms with Crippen molar-refractivity contribution in [2.24, 2.45) is 0 Å². The van der Waals surface area contributed by atoms with Crippen molar-refractivity contribution in [3.63, 3.8) is 0 Å². The highest BCUT2D eigenvalue weighted by atomic mass is 19.1. The van der Waals surface area contributed by atoms with Crippen LogP contribution in [0.15, 0.2) is 48.5 Å². The third-order valence-electron chi connectivity index (χ3n) is 5.14. The second kappa shape index (κ2) is 9.52. The van der Waals surface area contributed by atoms with E-state index in [0.717, 1.165) is 11.3 Å². The minimum absolute atomic E-state index is 0.0224. The average molecular weight is 399 g/mol. The lowest BCUT2D eigenvalue weighted by Crippen LogP contribution is -2.51. The molecular formula is C22H26FN3O3. The van der Waals surface area contributed by atoms with Crippen molar-refractivity contribution in [1.29, 1.82) is 0 Å². The number of amides is 2. The Morgan fingerprint density at radius 3 is 2.34 bits per heavy atom. The first-order chi connectivity index (χ1) is 14.0. The smallest absolute Gasteiger partial charge is 0.253 e. The summed E-state index contributed by atoms with van der Waals surface area (Å²) in [5.74, 6) is 0.320. The molecule has 1 aliphatic heterocycles. The van der Waals surface area contributed by atoms with Gasteiger partial charge in [-0.15, -0.1) is 0 Å². The molecule has 0 atom stereocenters. The van der Waals surface area contributed by atoms with Gasteiger partial charge >= 0.3 is 0 Å². The molecule has 7 heteroatoms. The number of rotatable bonds is 6. The molecule has 29 heavy (non-hydrogen) atoms. The van der Waals surface area contributed by atoms with Crippen molar-refractivity contribution in [1.82, 2.24) is 14.7 Å². The van der Waals surface area contributed by atoms with E-state index in [1.165, 1.54) is 24.3 Å². The number of hydrogen-bond acceptors (Lipinski definition) is 4. The maximum absolute atomic E-state index is 13.0. The van der Waals surface area contributed by atoms with E-state index in [4.69, 9.17) is 4.74 Å². The first-order valence-electron chi connectivity index (χ1n) is 9.61. The zero-order valence-corrected chi connectivity index (χ0v) is 16.8. The summed E-state index contributed by atoms with van der Waals surface area (Å²) in [7, 11) is 3.40. The van der Waals surface area contributed by atoms with Crippen LogP contribution in [0, 0.1) is 5.82 Å². The summed E-state index contributed by atoms with van der Waals surface area (Å²) < 4.78 is 18.4. The maximum Gasteiger partial charge on any atom is 0.253 e. The van der Waals surface area contributed by atoms with Crippen molar-refractivity contribution in [2.75, 3.05) is 46.9 Å². The Balaban J connectivity index is 1.49. The lowest BCUT2D eigenvalue weighted by molar-refractivity contribution is -0.132. The number of carbonyl (C=O) groups excluding carboxylic acids is 2. The van der Waals surface area contributed by atoms with Gasteiger partial charge in [0.1, 0.15) is 11.6 Å². The topological polar surface area (TPSA) is 53.1 Å². The SMILES string of the molecule is COc1ccccc1CN(C)C(=O)CN1CCN(C(=O)c2ccc(F)cc2)CC1. The fourth-order valence-corrected chi connectivity index (χ4v) is 3.37. The molecule has 3 rings (SSSR count). The van der Waals surface area contributed by atoms with E-state index in [1.807, 2.05) is 24.3 Å². The van der Waals surface area contributed by atoms with Crippen molar-refractivity contribution in [2.45, 2.75) is 6.54 Å². The molecular weight excluding hydrogens is 373 g/mol. The molecule has 154 valence electrons. The molecule has 0 aliphatic carbocycles. The molecule has 1 heterocycles. The predicted molar refractivity (Wildman–Crippen MR) is 108 cm³/mol. The summed E-state index contributed by atoms with van der Waals surface area (Å²) in [6.07, 6.45) is 0. The Kier molecular flexibility index (Phi) is 6.82. The van der Waals surface area contributed by atoms with Crippen LogP contribution in [0.2, 0.25) is 0 Å². The number of ether oxygens (including phenoxy) is 1. The predicted octanol–water partition coefficient (Wildman–Crippen LogP) is 2.25. The molecule has 6 nitrogen and oxygen atoms in total. The number of halogens is 1. The molecule has 0 radical (unpaired) electrons. The Labute approximate surface area is 170 Å². The molecule has 1 aliphatic rings. The largest absolute Gasteiger partial charge is 0.496 e. The third-order valence-corrected chi connectivity index (χ3v) is 5.14. The van der Waals surface area contributed by atoms with Crippen LogP contribution in [0.5, 0.6) is 5.75 Å². The number of benzene rings is 2. The molecule has 2 aromatic rings. The summed E-state index contributed by atoms with van der Waals surface area (Å²) in [6.45, 7) is 3.12. The molecule has 0 bridgehead atoms. The van der Waals surface area contributed by atoms with Crippen LogP contribution in [-0.2, 0) is 11.3 Å². The third kappa shape index (κ3) is 5.32. The first-order valence-corrected chi connectivity index (χ1v) is 9.61. The number of likely N-dealkylation sites (N-methyl/N-ethyl adjacent to an activating group) is 1. The van der Waals surface area contributed by atoms with Crippen LogP contribution in [0.3, 0.4) is 0 Å². The van der Waals surface area contributed by atoms with E-state index in [9.17, 15) is 14.0 Å². The summed E-state index contributed by atoms with van der Waals surface area (Å²) >= 11 is 0. The van der Waals surface area contributed by atoms with Crippen molar-refractivity contribution < 1.29 is 18.7 Å². The number of carbonyl (C=O) groups is 2. The monoisotopic (exact) mass is 399 g/mol. The quantitative estimate of drug-likeness (QED) is 0.748. The van der Waals surface area contributed by atoms with E-state index in [0.29, 0.717) is 44.8 Å². The molecule has 1 fully saturated rings. The average Bonchev–Trinajstić information content (AvgIpc) is 2.74. The van der Waals surface area contributed by atoms with Gasteiger partial charge in [0.15, 0.2) is 0 Å². The molecule has 0 saturated carbocycles. The van der Waals surface area contributed by atoms with Gasteiger partial charge in [-0.25, -0.2) is 4.39 Å². The van der Waals surface area contributed by atoms with E-state index >= 15 is 0 Å². The molecule has 1 saturated heterocycles. The number of para-hydroxylation sites is 1. The van der Waals surface area contributed by atoms with Crippen LogP contribution >= 0.6 is 0 Å².